The van der Waals surface area contributed by atoms with Gasteiger partial charge in [-0.2, -0.15) is 4.31 Å². The minimum Gasteiger partial charge on any atom is -0.308 e. The molecule has 0 atom stereocenters. The molecule has 0 aliphatic heterocycles. The molecule has 0 saturated heterocycles. The van der Waals surface area contributed by atoms with Crippen LogP contribution in [0.4, 0.5) is 0 Å². The molecular formula is C11H18BrN3O2S. The fourth-order valence-corrected chi connectivity index (χ4v) is 3.10. The first-order chi connectivity index (χ1) is 8.45. The second-order valence-electron chi connectivity index (χ2n) is 4.22. The summed E-state index contributed by atoms with van der Waals surface area (Å²) in [5.41, 5.74) is 0.890. The molecule has 7 heteroatoms. The lowest BCUT2D eigenvalue weighted by Gasteiger charge is -2.22. The van der Waals surface area contributed by atoms with E-state index in [0.717, 1.165) is 5.56 Å². The van der Waals surface area contributed by atoms with Crippen molar-refractivity contribution in [1.29, 1.82) is 0 Å². The van der Waals surface area contributed by atoms with Crippen molar-refractivity contribution in [3.8, 4) is 0 Å². The Hall–Kier alpha value is -0.500. The fourth-order valence-electron chi connectivity index (χ4n) is 1.39. The third kappa shape index (κ3) is 5.01. The van der Waals surface area contributed by atoms with Gasteiger partial charge in [0.25, 0.3) is 0 Å². The average molecular weight is 336 g/mol. The lowest BCUT2D eigenvalue weighted by Crippen LogP contribution is -2.36. The SMILES string of the molecule is CN(C)CCN(Cc1cccnc1)S(=O)(=O)CBr. The Morgan fingerprint density at radius 2 is 2.06 bits per heavy atom. The second-order valence-corrected chi connectivity index (χ2v) is 7.49. The molecule has 0 aliphatic rings. The molecule has 1 aromatic heterocycles. The smallest absolute Gasteiger partial charge is 0.224 e. The highest BCUT2D eigenvalue weighted by Crippen LogP contribution is 2.10. The predicted molar refractivity (Wildman–Crippen MR) is 75.9 cm³/mol. The van der Waals surface area contributed by atoms with Gasteiger partial charge in [0, 0.05) is 32.0 Å². The number of halogens is 1. The molecule has 0 radical (unpaired) electrons. The summed E-state index contributed by atoms with van der Waals surface area (Å²) in [5.74, 6) is 0. The third-order valence-electron chi connectivity index (χ3n) is 2.41. The van der Waals surface area contributed by atoms with E-state index in [9.17, 15) is 8.42 Å². The molecule has 1 aromatic rings. The predicted octanol–water partition coefficient (Wildman–Crippen LogP) is 1.13. The van der Waals surface area contributed by atoms with Crippen molar-refractivity contribution in [3.05, 3.63) is 30.1 Å². The molecule has 18 heavy (non-hydrogen) atoms. The van der Waals surface area contributed by atoms with Gasteiger partial charge in [-0.1, -0.05) is 22.0 Å². The van der Waals surface area contributed by atoms with Gasteiger partial charge in [-0.25, -0.2) is 8.42 Å². The first-order valence-corrected chi connectivity index (χ1v) is 8.26. The Labute approximate surface area is 117 Å². The maximum absolute atomic E-state index is 12.0. The van der Waals surface area contributed by atoms with Gasteiger partial charge in [-0.3, -0.25) is 4.98 Å². The monoisotopic (exact) mass is 335 g/mol. The van der Waals surface area contributed by atoms with E-state index < -0.39 is 10.0 Å². The van der Waals surface area contributed by atoms with Crippen LogP contribution in [0, 0.1) is 0 Å². The van der Waals surface area contributed by atoms with E-state index in [4.69, 9.17) is 0 Å². The molecule has 5 nitrogen and oxygen atoms in total. The summed E-state index contributed by atoms with van der Waals surface area (Å²) in [4.78, 5) is 5.96. The van der Waals surface area contributed by atoms with Crippen LogP contribution in [-0.4, -0.2) is 54.5 Å². The molecule has 0 aromatic carbocycles. The molecule has 0 bridgehead atoms. The van der Waals surface area contributed by atoms with Crippen molar-refractivity contribution < 1.29 is 8.42 Å². The van der Waals surface area contributed by atoms with Crippen LogP contribution in [0.3, 0.4) is 0 Å². The first-order valence-electron chi connectivity index (χ1n) is 5.53. The Morgan fingerprint density at radius 3 is 2.56 bits per heavy atom. The van der Waals surface area contributed by atoms with Crippen molar-refractivity contribution in [1.82, 2.24) is 14.2 Å². The zero-order valence-electron chi connectivity index (χ0n) is 10.6. The van der Waals surface area contributed by atoms with Gasteiger partial charge in [-0.15, -0.1) is 0 Å². The van der Waals surface area contributed by atoms with E-state index in [2.05, 4.69) is 20.9 Å². The average Bonchev–Trinajstić information content (AvgIpc) is 2.35. The number of rotatable bonds is 7. The Bertz CT molecular complexity index is 451. The molecule has 1 heterocycles. The lowest BCUT2D eigenvalue weighted by atomic mass is 10.3. The number of pyridine rings is 1. The number of aromatic nitrogens is 1. The highest BCUT2D eigenvalue weighted by atomic mass is 79.9. The van der Waals surface area contributed by atoms with Crippen LogP contribution in [0.15, 0.2) is 24.5 Å². The van der Waals surface area contributed by atoms with Crippen LogP contribution in [0.2, 0.25) is 0 Å². The van der Waals surface area contributed by atoms with Crippen LogP contribution in [-0.2, 0) is 16.6 Å². The largest absolute Gasteiger partial charge is 0.308 e. The Balaban J connectivity index is 2.78. The third-order valence-corrected chi connectivity index (χ3v) is 5.52. The zero-order valence-corrected chi connectivity index (χ0v) is 13.0. The summed E-state index contributed by atoms with van der Waals surface area (Å²) in [7, 11) is 0.581. The number of sulfonamides is 1. The van der Waals surface area contributed by atoms with E-state index in [1.54, 1.807) is 18.5 Å². The second kappa shape index (κ2) is 7.18. The topological polar surface area (TPSA) is 53.5 Å². The molecular weight excluding hydrogens is 318 g/mol. The molecule has 0 spiro atoms. The summed E-state index contributed by atoms with van der Waals surface area (Å²) in [6.45, 7) is 1.51. The van der Waals surface area contributed by atoms with Crippen molar-refractivity contribution in [3.63, 3.8) is 0 Å². The van der Waals surface area contributed by atoms with E-state index in [1.165, 1.54) is 4.31 Å². The minimum absolute atomic E-state index is 0.0618. The fraction of sp³-hybridized carbons (Fsp3) is 0.545. The van der Waals surface area contributed by atoms with Gasteiger partial charge in [0.1, 0.15) is 4.66 Å². The number of likely N-dealkylation sites (N-methyl/N-ethyl adjacent to an activating group) is 1. The minimum atomic E-state index is -3.26. The molecule has 0 N–H and O–H groups in total. The summed E-state index contributed by atoms with van der Waals surface area (Å²) < 4.78 is 25.3. The number of alkyl halides is 1. The van der Waals surface area contributed by atoms with Crippen LogP contribution >= 0.6 is 15.9 Å². The van der Waals surface area contributed by atoms with Crippen molar-refractivity contribution in [2.24, 2.45) is 0 Å². The van der Waals surface area contributed by atoms with Gasteiger partial charge < -0.3 is 4.90 Å². The van der Waals surface area contributed by atoms with E-state index in [-0.39, 0.29) is 4.66 Å². The highest BCUT2D eigenvalue weighted by Gasteiger charge is 2.20. The van der Waals surface area contributed by atoms with Gasteiger partial charge >= 0.3 is 0 Å². The van der Waals surface area contributed by atoms with Crippen molar-refractivity contribution >= 4 is 26.0 Å². The van der Waals surface area contributed by atoms with Crippen LogP contribution < -0.4 is 0 Å². The van der Waals surface area contributed by atoms with Gasteiger partial charge in [-0.05, 0) is 25.7 Å². The summed E-state index contributed by atoms with van der Waals surface area (Å²) in [6.07, 6.45) is 3.36. The Kier molecular flexibility index (Phi) is 6.20. The van der Waals surface area contributed by atoms with E-state index >= 15 is 0 Å². The normalized spacial score (nSPS) is 12.3. The molecule has 0 saturated carbocycles. The zero-order chi connectivity index (χ0) is 13.6. The van der Waals surface area contributed by atoms with Crippen LogP contribution in [0.1, 0.15) is 5.56 Å². The molecule has 0 aliphatic carbocycles. The molecule has 0 amide bonds. The first kappa shape index (κ1) is 15.6. The highest BCUT2D eigenvalue weighted by molar-refractivity contribution is 9.10. The molecule has 0 fully saturated rings. The van der Waals surface area contributed by atoms with Crippen molar-refractivity contribution in [2.75, 3.05) is 31.8 Å². The molecule has 102 valence electrons. The summed E-state index contributed by atoms with van der Waals surface area (Å²) in [6, 6.07) is 3.68. The maximum atomic E-state index is 12.0. The molecule has 1 rings (SSSR count). The number of hydrogen-bond acceptors (Lipinski definition) is 4. The summed E-state index contributed by atoms with van der Waals surface area (Å²) >= 11 is 3.03. The molecule has 0 unspecified atom stereocenters. The van der Waals surface area contributed by atoms with Crippen molar-refractivity contribution in [2.45, 2.75) is 6.54 Å². The van der Waals surface area contributed by atoms with E-state index in [1.807, 2.05) is 25.1 Å². The van der Waals surface area contributed by atoms with Gasteiger partial charge in [0.2, 0.25) is 10.0 Å². The quantitative estimate of drug-likeness (QED) is 0.701. The van der Waals surface area contributed by atoms with Crippen LogP contribution in [0.25, 0.3) is 0 Å². The Morgan fingerprint density at radius 1 is 1.33 bits per heavy atom. The maximum Gasteiger partial charge on any atom is 0.224 e. The number of nitrogens with zero attached hydrogens (tertiary/aromatic N) is 3. The summed E-state index contributed by atoms with van der Waals surface area (Å²) in [5, 5.41) is 0. The number of hydrogen-bond donors (Lipinski definition) is 0. The van der Waals surface area contributed by atoms with Gasteiger partial charge in [0.15, 0.2) is 0 Å². The standard InChI is InChI=1S/C11H18BrN3O2S/c1-14(2)6-7-15(18(16,17)10-12)9-11-4-3-5-13-8-11/h3-5,8H,6-7,9-10H2,1-2H3. The van der Waals surface area contributed by atoms with Crippen LogP contribution in [0.5, 0.6) is 0 Å². The van der Waals surface area contributed by atoms with Gasteiger partial charge in [0.05, 0.1) is 0 Å². The lowest BCUT2D eigenvalue weighted by molar-refractivity contribution is 0.330. The van der Waals surface area contributed by atoms with E-state index in [0.29, 0.717) is 19.6 Å².